The first kappa shape index (κ1) is 14.4. The molecule has 0 radical (unpaired) electrons. The van der Waals surface area contributed by atoms with E-state index < -0.39 is 0 Å². The molecule has 1 N–H and O–H groups in total. The third-order valence-electron chi connectivity index (χ3n) is 5.03. The number of fused-ring (bicyclic) bond motifs is 1. The summed E-state index contributed by atoms with van der Waals surface area (Å²) in [4.78, 5) is 14.9. The van der Waals surface area contributed by atoms with Gasteiger partial charge in [0.25, 0.3) is 0 Å². The fourth-order valence-electron chi connectivity index (χ4n) is 3.77. The third kappa shape index (κ3) is 2.41. The van der Waals surface area contributed by atoms with Gasteiger partial charge in [-0.2, -0.15) is 0 Å². The van der Waals surface area contributed by atoms with Gasteiger partial charge in [0.15, 0.2) is 0 Å². The molecule has 22 heavy (non-hydrogen) atoms. The van der Waals surface area contributed by atoms with E-state index in [0.29, 0.717) is 5.41 Å². The zero-order valence-corrected chi connectivity index (χ0v) is 13.9. The first-order chi connectivity index (χ1) is 10.7. The van der Waals surface area contributed by atoms with Gasteiger partial charge in [-0.1, -0.05) is 30.7 Å². The summed E-state index contributed by atoms with van der Waals surface area (Å²) in [5.41, 5.74) is 3.01. The van der Waals surface area contributed by atoms with Crippen LogP contribution in [0.3, 0.4) is 0 Å². The molecule has 118 valence electrons. The Morgan fingerprint density at radius 3 is 2.77 bits per heavy atom. The number of aromatic nitrogens is 1. The van der Waals surface area contributed by atoms with Crippen LogP contribution in [-0.4, -0.2) is 42.2 Å². The number of thiazole rings is 1. The van der Waals surface area contributed by atoms with E-state index in [-0.39, 0.29) is 4.87 Å². The molecule has 2 fully saturated rings. The second-order valence-electron chi connectivity index (χ2n) is 6.89. The number of nitrogens with zero attached hydrogens (tertiary/aromatic N) is 2. The van der Waals surface area contributed by atoms with Crippen molar-refractivity contribution in [2.45, 2.75) is 26.3 Å². The summed E-state index contributed by atoms with van der Waals surface area (Å²) in [6.45, 7) is 8.72. The molecule has 2 aliphatic rings. The monoisotopic (exact) mass is 317 g/mol. The Balaban J connectivity index is 1.47. The maximum Gasteiger partial charge on any atom is 0.308 e. The lowest BCUT2D eigenvalue weighted by Crippen LogP contribution is -2.71. The summed E-state index contributed by atoms with van der Waals surface area (Å²) >= 11 is 1.39. The van der Waals surface area contributed by atoms with E-state index >= 15 is 0 Å². The van der Waals surface area contributed by atoms with Gasteiger partial charge >= 0.3 is 4.87 Å². The maximum atomic E-state index is 12.3. The fraction of sp³-hybridized carbons (Fsp3) is 0.588. The summed E-state index contributed by atoms with van der Waals surface area (Å²) < 4.78 is 3.10. The molecular weight excluding hydrogens is 294 g/mol. The second-order valence-corrected chi connectivity index (χ2v) is 7.88. The number of aryl methyl sites for hydroxylation is 1. The number of nitrogens with one attached hydrogen (secondary N) is 1. The Morgan fingerprint density at radius 1 is 1.27 bits per heavy atom. The van der Waals surface area contributed by atoms with Crippen molar-refractivity contribution in [3.05, 3.63) is 33.4 Å². The quantitative estimate of drug-likeness (QED) is 0.915. The van der Waals surface area contributed by atoms with Gasteiger partial charge in [0, 0.05) is 44.7 Å². The van der Waals surface area contributed by atoms with Crippen molar-refractivity contribution in [1.29, 1.82) is 0 Å². The zero-order chi connectivity index (χ0) is 15.2. The lowest BCUT2D eigenvalue weighted by atomic mass is 9.74. The lowest BCUT2D eigenvalue weighted by molar-refractivity contribution is -0.0405. The van der Waals surface area contributed by atoms with E-state index in [1.807, 2.05) is 4.57 Å². The van der Waals surface area contributed by atoms with Crippen molar-refractivity contribution in [3.63, 3.8) is 0 Å². The molecule has 1 spiro atoms. The maximum absolute atomic E-state index is 12.3. The van der Waals surface area contributed by atoms with Crippen molar-refractivity contribution in [2.24, 2.45) is 5.41 Å². The van der Waals surface area contributed by atoms with Gasteiger partial charge in [-0.15, -0.1) is 0 Å². The predicted molar refractivity (Wildman–Crippen MR) is 91.8 cm³/mol. The van der Waals surface area contributed by atoms with Gasteiger partial charge in [0.2, 0.25) is 0 Å². The summed E-state index contributed by atoms with van der Waals surface area (Å²) in [5.74, 6) is 0. The number of rotatable bonds is 5. The smallest absolute Gasteiger partial charge is 0.308 e. The van der Waals surface area contributed by atoms with Gasteiger partial charge < -0.3 is 10.2 Å². The minimum absolute atomic E-state index is 0.184. The molecule has 2 aromatic rings. The molecule has 0 saturated carbocycles. The van der Waals surface area contributed by atoms with Gasteiger partial charge in [-0.05, 0) is 24.1 Å². The van der Waals surface area contributed by atoms with E-state index in [1.165, 1.54) is 43.1 Å². The molecule has 0 amide bonds. The SMILES string of the molecule is CCCc1ccc2c(c1)sc(=O)n2CCN1CC2(CNC2)C1. The highest BCUT2D eigenvalue weighted by Gasteiger charge is 2.46. The number of hydrogen-bond acceptors (Lipinski definition) is 4. The molecule has 0 aliphatic carbocycles. The number of benzene rings is 1. The molecule has 0 unspecified atom stereocenters. The van der Waals surface area contributed by atoms with Gasteiger partial charge in [-0.3, -0.25) is 9.36 Å². The van der Waals surface area contributed by atoms with E-state index in [9.17, 15) is 4.79 Å². The van der Waals surface area contributed by atoms with Crippen LogP contribution in [0.5, 0.6) is 0 Å². The normalized spacial score (nSPS) is 20.2. The Kier molecular flexibility index (Phi) is 3.59. The Hall–Kier alpha value is -1.17. The topological polar surface area (TPSA) is 37.3 Å². The molecule has 2 aliphatic heterocycles. The molecule has 2 saturated heterocycles. The molecule has 1 aromatic carbocycles. The number of hydrogen-bond donors (Lipinski definition) is 1. The minimum Gasteiger partial charge on any atom is -0.315 e. The second kappa shape index (κ2) is 5.48. The van der Waals surface area contributed by atoms with E-state index in [2.05, 4.69) is 35.3 Å². The Bertz CT molecular complexity index is 736. The van der Waals surface area contributed by atoms with Crippen LogP contribution in [0.4, 0.5) is 0 Å². The van der Waals surface area contributed by atoms with Crippen LogP contribution in [0.25, 0.3) is 10.2 Å². The standard InChI is InChI=1S/C17H23N3OS/c1-2-3-13-4-5-14-15(8-13)22-16(21)20(14)7-6-19-11-17(12-19)9-18-10-17/h4-5,8,18H,2-3,6-7,9-12H2,1H3. The number of likely N-dealkylation sites (tertiary alicyclic amines) is 1. The van der Waals surface area contributed by atoms with Crippen LogP contribution >= 0.6 is 11.3 Å². The fourth-order valence-corrected chi connectivity index (χ4v) is 4.75. The third-order valence-corrected chi connectivity index (χ3v) is 5.97. The molecule has 5 heteroatoms. The summed E-state index contributed by atoms with van der Waals surface area (Å²) in [6, 6.07) is 6.50. The van der Waals surface area contributed by atoms with Crippen LogP contribution in [-0.2, 0) is 13.0 Å². The molecule has 0 bridgehead atoms. The van der Waals surface area contributed by atoms with E-state index in [1.54, 1.807) is 0 Å². The van der Waals surface area contributed by atoms with Gasteiger partial charge in [0.1, 0.15) is 0 Å². The highest BCUT2D eigenvalue weighted by molar-refractivity contribution is 7.16. The first-order valence-electron chi connectivity index (χ1n) is 8.24. The molecule has 4 nitrogen and oxygen atoms in total. The van der Waals surface area contributed by atoms with Crippen molar-refractivity contribution >= 4 is 21.6 Å². The van der Waals surface area contributed by atoms with E-state index in [4.69, 9.17) is 0 Å². The Labute approximate surface area is 134 Å². The van der Waals surface area contributed by atoms with Crippen LogP contribution in [0.1, 0.15) is 18.9 Å². The van der Waals surface area contributed by atoms with Crippen LogP contribution in [0, 0.1) is 5.41 Å². The average Bonchev–Trinajstić information content (AvgIpc) is 2.71. The molecule has 0 atom stereocenters. The van der Waals surface area contributed by atoms with Crippen LogP contribution in [0.2, 0.25) is 0 Å². The van der Waals surface area contributed by atoms with Gasteiger partial charge in [-0.25, -0.2) is 0 Å². The predicted octanol–water partition coefficient (Wildman–Crippen LogP) is 1.92. The summed E-state index contributed by atoms with van der Waals surface area (Å²) in [6.07, 6.45) is 2.23. The summed E-state index contributed by atoms with van der Waals surface area (Å²) in [5, 5.41) is 3.36. The molecular formula is C17H23N3OS. The Morgan fingerprint density at radius 2 is 2.09 bits per heavy atom. The van der Waals surface area contributed by atoms with Crippen molar-refractivity contribution in [1.82, 2.24) is 14.8 Å². The first-order valence-corrected chi connectivity index (χ1v) is 9.06. The largest absolute Gasteiger partial charge is 0.315 e. The van der Waals surface area contributed by atoms with Crippen molar-refractivity contribution in [2.75, 3.05) is 32.7 Å². The molecule has 3 heterocycles. The molecule has 1 aromatic heterocycles. The minimum atomic E-state index is 0.184. The van der Waals surface area contributed by atoms with E-state index in [0.717, 1.165) is 36.1 Å². The summed E-state index contributed by atoms with van der Waals surface area (Å²) in [7, 11) is 0. The van der Waals surface area contributed by atoms with Crippen LogP contribution < -0.4 is 10.2 Å². The average molecular weight is 317 g/mol. The highest BCUT2D eigenvalue weighted by Crippen LogP contribution is 2.33. The van der Waals surface area contributed by atoms with Crippen LogP contribution in [0.15, 0.2) is 23.0 Å². The van der Waals surface area contributed by atoms with Crippen molar-refractivity contribution in [3.8, 4) is 0 Å². The zero-order valence-electron chi connectivity index (χ0n) is 13.1. The highest BCUT2D eigenvalue weighted by atomic mass is 32.1. The van der Waals surface area contributed by atoms with Gasteiger partial charge in [0.05, 0.1) is 10.2 Å². The molecule has 4 rings (SSSR count). The lowest BCUT2D eigenvalue weighted by Gasteiger charge is -2.56. The van der Waals surface area contributed by atoms with Crippen molar-refractivity contribution < 1.29 is 0 Å².